The Bertz CT molecular complexity index is 668. The Morgan fingerprint density at radius 1 is 1.00 bits per heavy atom. The van der Waals surface area contributed by atoms with Gasteiger partial charge in [-0.15, -0.1) is 0 Å². The minimum atomic E-state index is -0.0459. The molecule has 0 saturated heterocycles. The maximum Gasteiger partial charge on any atom is 0.112 e. The van der Waals surface area contributed by atoms with Gasteiger partial charge in [0.05, 0.1) is 5.70 Å². The summed E-state index contributed by atoms with van der Waals surface area (Å²) in [5.41, 5.74) is 4.46. The molecule has 0 saturated carbocycles. The van der Waals surface area contributed by atoms with E-state index in [0.29, 0.717) is 0 Å². The minimum Gasteiger partial charge on any atom is -0.250 e. The maximum absolute atomic E-state index is 6.29. The summed E-state index contributed by atoms with van der Waals surface area (Å²) < 4.78 is 1.39. The molecule has 0 bridgehead atoms. The topological polar surface area (TPSA) is 12.5 Å². The number of benzene rings is 2. The number of hydroxylamine groups is 1. The fourth-order valence-electron chi connectivity index (χ4n) is 2.77. The Morgan fingerprint density at radius 2 is 1.60 bits per heavy atom. The third kappa shape index (κ3) is 1.71. The summed E-state index contributed by atoms with van der Waals surface area (Å²) in [6.45, 7) is 2.03. The molecule has 0 amide bonds. The van der Waals surface area contributed by atoms with Crippen LogP contribution >= 0.6 is 23.5 Å². The van der Waals surface area contributed by atoms with Crippen LogP contribution in [0.2, 0.25) is 0 Å². The van der Waals surface area contributed by atoms with Gasteiger partial charge < -0.3 is 0 Å². The summed E-state index contributed by atoms with van der Waals surface area (Å²) in [6, 6.07) is 16.7. The molecule has 0 aromatic heterocycles. The van der Waals surface area contributed by atoms with Gasteiger partial charge in [0.25, 0.3) is 0 Å². The van der Waals surface area contributed by atoms with E-state index < -0.39 is 0 Å². The first-order valence-electron chi connectivity index (χ1n) is 6.49. The predicted octanol–water partition coefficient (Wildman–Crippen LogP) is 4.81. The van der Waals surface area contributed by atoms with Gasteiger partial charge in [0.2, 0.25) is 0 Å². The first-order chi connectivity index (χ1) is 9.75. The molecular weight excluding hydrogens is 290 g/mol. The summed E-state index contributed by atoms with van der Waals surface area (Å²) in [7, 11) is 0. The summed E-state index contributed by atoms with van der Waals surface area (Å²) >= 11 is 8.07. The fraction of sp³-hybridized carbons (Fsp3) is 0.125. The van der Waals surface area contributed by atoms with Crippen molar-refractivity contribution in [1.82, 2.24) is 4.58 Å². The zero-order chi connectivity index (χ0) is 13.7. The van der Waals surface area contributed by atoms with Gasteiger partial charge >= 0.3 is 0 Å². The Labute approximate surface area is 127 Å². The fourth-order valence-corrected chi connectivity index (χ4v) is 4.16. The SMILES string of the molecule is CC1ON(Cl)C2=C1c1ccccc1Sc1ccccc12. The van der Waals surface area contributed by atoms with Crippen molar-refractivity contribution >= 4 is 34.8 Å². The lowest BCUT2D eigenvalue weighted by molar-refractivity contribution is -0.0430. The molecule has 2 heterocycles. The Hall–Kier alpha value is -1.42. The molecule has 100 valence electrons. The highest BCUT2D eigenvalue weighted by Crippen LogP contribution is 2.49. The van der Waals surface area contributed by atoms with Crippen molar-refractivity contribution in [2.45, 2.75) is 22.8 Å². The van der Waals surface area contributed by atoms with Crippen LogP contribution in [0.15, 0.2) is 58.3 Å². The van der Waals surface area contributed by atoms with Gasteiger partial charge in [-0.2, -0.15) is 4.58 Å². The second kappa shape index (κ2) is 4.55. The monoisotopic (exact) mass is 301 g/mol. The van der Waals surface area contributed by atoms with Gasteiger partial charge in [-0.25, -0.2) is 4.84 Å². The van der Waals surface area contributed by atoms with Crippen molar-refractivity contribution < 1.29 is 4.84 Å². The number of fused-ring (bicyclic) bond motifs is 4. The van der Waals surface area contributed by atoms with Crippen LogP contribution in [-0.4, -0.2) is 10.7 Å². The van der Waals surface area contributed by atoms with Gasteiger partial charge in [-0.1, -0.05) is 48.2 Å². The number of rotatable bonds is 0. The van der Waals surface area contributed by atoms with E-state index in [9.17, 15) is 0 Å². The van der Waals surface area contributed by atoms with Crippen molar-refractivity contribution in [2.75, 3.05) is 0 Å². The molecule has 4 heteroatoms. The first-order valence-corrected chi connectivity index (χ1v) is 7.64. The second-order valence-corrected chi connectivity index (χ2v) is 6.24. The van der Waals surface area contributed by atoms with E-state index in [4.69, 9.17) is 16.6 Å². The Morgan fingerprint density at radius 3 is 2.35 bits per heavy atom. The van der Waals surface area contributed by atoms with Crippen LogP contribution in [0.25, 0.3) is 11.3 Å². The molecule has 2 aromatic rings. The van der Waals surface area contributed by atoms with Crippen molar-refractivity contribution in [2.24, 2.45) is 0 Å². The van der Waals surface area contributed by atoms with E-state index in [0.717, 1.165) is 16.8 Å². The molecule has 2 aliphatic heterocycles. The molecule has 4 rings (SSSR count). The average Bonchev–Trinajstić information content (AvgIpc) is 2.67. The van der Waals surface area contributed by atoms with E-state index in [-0.39, 0.29) is 6.10 Å². The molecule has 0 radical (unpaired) electrons. The van der Waals surface area contributed by atoms with Crippen LogP contribution in [0.3, 0.4) is 0 Å². The van der Waals surface area contributed by atoms with Gasteiger partial charge in [0.15, 0.2) is 0 Å². The lowest BCUT2D eigenvalue weighted by atomic mass is 9.97. The summed E-state index contributed by atoms with van der Waals surface area (Å²) in [6.07, 6.45) is -0.0459. The molecule has 20 heavy (non-hydrogen) atoms. The quantitative estimate of drug-likeness (QED) is 0.648. The molecular formula is C16H12ClNOS. The van der Waals surface area contributed by atoms with Crippen molar-refractivity contribution in [1.29, 1.82) is 0 Å². The highest BCUT2D eigenvalue weighted by molar-refractivity contribution is 7.99. The van der Waals surface area contributed by atoms with Crippen LogP contribution in [-0.2, 0) is 4.84 Å². The highest BCUT2D eigenvalue weighted by Gasteiger charge is 2.35. The molecule has 0 N–H and O–H groups in total. The lowest BCUT2D eigenvalue weighted by Gasteiger charge is -2.14. The number of hydrogen-bond acceptors (Lipinski definition) is 3. The normalized spacial score (nSPS) is 20.3. The van der Waals surface area contributed by atoms with Crippen molar-refractivity contribution in [3.05, 3.63) is 59.7 Å². The Balaban J connectivity index is 2.08. The second-order valence-electron chi connectivity index (χ2n) is 4.85. The van der Waals surface area contributed by atoms with Gasteiger partial charge in [0.1, 0.15) is 6.10 Å². The molecule has 2 aliphatic rings. The van der Waals surface area contributed by atoms with Crippen LogP contribution in [0, 0.1) is 0 Å². The zero-order valence-corrected chi connectivity index (χ0v) is 12.4. The van der Waals surface area contributed by atoms with E-state index in [1.54, 1.807) is 11.8 Å². The third-order valence-corrected chi connectivity index (χ3v) is 5.03. The van der Waals surface area contributed by atoms with Crippen LogP contribution in [0.5, 0.6) is 0 Å². The lowest BCUT2D eigenvalue weighted by Crippen LogP contribution is -2.09. The van der Waals surface area contributed by atoms with E-state index in [1.807, 2.05) is 13.0 Å². The number of nitrogens with zero attached hydrogens (tertiary/aromatic N) is 1. The van der Waals surface area contributed by atoms with Crippen molar-refractivity contribution in [3.8, 4) is 0 Å². The van der Waals surface area contributed by atoms with Crippen LogP contribution < -0.4 is 0 Å². The summed E-state index contributed by atoms with van der Waals surface area (Å²) in [5.74, 6) is 0. The van der Waals surface area contributed by atoms with Crippen molar-refractivity contribution in [3.63, 3.8) is 0 Å². The zero-order valence-electron chi connectivity index (χ0n) is 10.8. The van der Waals surface area contributed by atoms with Crippen LogP contribution in [0.1, 0.15) is 18.1 Å². The molecule has 1 atom stereocenters. The molecule has 2 nitrogen and oxygen atoms in total. The van der Waals surface area contributed by atoms with E-state index >= 15 is 0 Å². The maximum atomic E-state index is 6.29. The number of hydrogen-bond donors (Lipinski definition) is 0. The summed E-state index contributed by atoms with van der Waals surface area (Å²) in [4.78, 5) is 8.14. The predicted molar refractivity (Wildman–Crippen MR) is 82.1 cm³/mol. The molecule has 1 unspecified atom stereocenters. The summed E-state index contributed by atoms with van der Waals surface area (Å²) in [5, 5.41) is 0. The average molecular weight is 302 g/mol. The minimum absolute atomic E-state index is 0.0459. The van der Waals surface area contributed by atoms with E-state index in [1.165, 1.54) is 19.9 Å². The van der Waals surface area contributed by atoms with Gasteiger partial charge in [0, 0.05) is 32.7 Å². The largest absolute Gasteiger partial charge is 0.250 e. The first kappa shape index (κ1) is 12.3. The molecule has 0 spiro atoms. The smallest absolute Gasteiger partial charge is 0.112 e. The van der Waals surface area contributed by atoms with Gasteiger partial charge in [-0.05, 0) is 24.6 Å². The van der Waals surface area contributed by atoms with E-state index in [2.05, 4.69) is 42.5 Å². The highest BCUT2D eigenvalue weighted by atomic mass is 35.5. The molecule has 2 aromatic carbocycles. The molecule has 0 fully saturated rings. The number of halogens is 1. The van der Waals surface area contributed by atoms with Gasteiger partial charge in [-0.3, -0.25) is 0 Å². The third-order valence-electron chi connectivity index (χ3n) is 3.63. The van der Waals surface area contributed by atoms with Crippen LogP contribution in [0.4, 0.5) is 0 Å². The standard InChI is InChI=1S/C16H12ClNOS/c1-10-15-11-6-2-4-8-13(11)20-14-9-5-3-7-12(14)16(15)18(17)19-10/h2-10H,1H3. The molecule has 0 aliphatic carbocycles. The Kier molecular flexibility index (Phi) is 2.81.